The Balaban J connectivity index is 1.61. The fourth-order valence-corrected chi connectivity index (χ4v) is 4.19. The van der Waals surface area contributed by atoms with Gasteiger partial charge >= 0.3 is 12.1 Å². The molecule has 0 aromatic heterocycles. The van der Waals surface area contributed by atoms with Crippen LogP contribution in [0.2, 0.25) is 0 Å². The summed E-state index contributed by atoms with van der Waals surface area (Å²) in [6.45, 7) is 6.35. The first kappa shape index (κ1) is 34.7. The van der Waals surface area contributed by atoms with Gasteiger partial charge in [-0.3, -0.25) is 14.4 Å². The van der Waals surface area contributed by atoms with Crippen LogP contribution in [-0.2, 0) is 38.7 Å². The second kappa shape index (κ2) is 16.4. The minimum atomic E-state index is -1.26. The zero-order valence-corrected chi connectivity index (χ0v) is 25.9. The standard InChI is InChI=1S/C34H41N3O8/c1-22(32(40)41)36-31(39)29(37-33(42)45-34(2,3)4)21-43-20-25-12-8-9-13-27(25)30(38)28(35)18-23-14-16-26(17-15-23)44-19-24-10-6-5-7-11-24/h5-17,22,28-29H,18-21,35H2,1-4H3,(H,36,39)(H,37,42)(H,40,41)/t22-,28+,29+/m1/s1. The zero-order valence-electron chi connectivity index (χ0n) is 25.9. The monoisotopic (exact) mass is 619 g/mol. The molecule has 240 valence electrons. The maximum atomic E-state index is 13.4. The number of ether oxygens (including phenoxy) is 3. The second-order valence-corrected chi connectivity index (χ2v) is 11.5. The lowest BCUT2D eigenvalue weighted by Crippen LogP contribution is -2.53. The fraction of sp³-hybridized carbons (Fsp3) is 0.353. The minimum Gasteiger partial charge on any atom is -0.489 e. The molecule has 3 rings (SSSR count). The van der Waals surface area contributed by atoms with Gasteiger partial charge in [0.1, 0.15) is 30.0 Å². The molecule has 0 radical (unpaired) electrons. The number of carboxylic acid groups (broad SMARTS) is 1. The van der Waals surface area contributed by atoms with Crippen LogP contribution < -0.4 is 21.1 Å². The topological polar surface area (TPSA) is 166 Å². The van der Waals surface area contributed by atoms with Crippen molar-refractivity contribution >= 4 is 23.8 Å². The number of amides is 2. The first-order chi connectivity index (χ1) is 21.3. The summed E-state index contributed by atoms with van der Waals surface area (Å²) in [6, 6.07) is 20.8. The van der Waals surface area contributed by atoms with Gasteiger partial charge in [0.25, 0.3) is 0 Å². The summed E-state index contributed by atoms with van der Waals surface area (Å²) in [7, 11) is 0. The van der Waals surface area contributed by atoms with Crippen molar-refractivity contribution in [2.75, 3.05) is 6.61 Å². The van der Waals surface area contributed by atoms with Gasteiger partial charge in [0.2, 0.25) is 5.91 Å². The summed E-state index contributed by atoms with van der Waals surface area (Å²) in [5, 5.41) is 13.9. The molecule has 0 bridgehead atoms. The van der Waals surface area contributed by atoms with Crippen LogP contribution in [0, 0.1) is 0 Å². The highest BCUT2D eigenvalue weighted by Gasteiger charge is 2.27. The molecule has 0 spiro atoms. The van der Waals surface area contributed by atoms with E-state index in [0.717, 1.165) is 11.1 Å². The molecule has 2 amide bonds. The van der Waals surface area contributed by atoms with Crippen molar-refractivity contribution in [2.45, 2.75) is 71.1 Å². The van der Waals surface area contributed by atoms with Gasteiger partial charge in [-0.25, -0.2) is 4.79 Å². The Labute approximate surface area is 263 Å². The van der Waals surface area contributed by atoms with E-state index in [2.05, 4.69) is 10.6 Å². The second-order valence-electron chi connectivity index (χ2n) is 11.5. The summed E-state index contributed by atoms with van der Waals surface area (Å²) < 4.78 is 16.8. The first-order valence-corrected chi connectivity index (χ1v) is 14.6. The van der Waals surface area contributed by atoms with Gasteiger partial charge in [-0.05, 0) is 62.9 Å². The summed E-state index contributed by atoms with van der Waals surface area (Å²) in [4.78, 5) is 49.7. The zero-order chi connectivity index (χ0) is 33.0. The molecule has 11 heteroatoms. The Bertz CT molecular complexity index is 1440. The molecule has 0 aliphatic heterocycles. The number of alkyl carbamates (subject to hydrolysis) is 1. The van der Waals surface area contributed by atoms with E-state index in [1.54, 1.807) is 45.0 Å². The maximum Gasteiger partial charge on any atom is 0.408 e. The molecule has 3 aromatic rings. The highest BCUT2D eigenvalue weighted by molar-refractivity contribution is 6.01. The fourth-order valence-electron chi connectivity index (χ4n) is 4.19. The number of carbonyl (C=O) groups is 4. The lowest BCUT2D eigenvalue weighted by Gasteiger charge is -2.24. The van der Waals surface area contributed by atoms with E-state index in [1.165, 1.54) is 6.92 Å². The van der Waals surface area contributed by atoms with E-state index in [9.17, 15) is 19.2 Å². The van der Waals surface area contributed by atoms with E-state index in [4.69, 9.17) is 25.1 Å². The van der Waals surface area contributed by atoms with Crippen LogP contribution >= 0.6 is 0 Å². The molecule has 45 heavy (non-hydrogen) atoms. The van der Waals surface area contributed by atoms with Crippen LogP contribution in [0.4, 0.5) is 4.79 Å². The van der Waals surface area contributed by atoms with Crippen LogP contribution in [0.25, 0.3) is 0 Å². The maximum absolute atomic E-state index is 13.4. The SMILES string of the molecule is C[C@@H](NC(=O)[C@H](COCc1ccccc1C(=O)[C@@H](N)Cc1ccc(OCc2ccccc2)cc1)NC(=O)OC(C)(C)C)C(=O)O. The Morgan fingerprint density at radius 2 is 1.49 bits per heavy atom. The van der Waals surface area contributed by atoms with E-state index >= 15 is 0 Å². The number of benzene rings is 3. The molecular weight excluding hydrogens is 578 g/mol. The Morgan fingerprint density at radius 3 is 2.13 bits per heavy atom. The third kappa shape index (κ3) is 11.7. The van der Waals surface area contributed by atoms with Gasteiger partial charge in [-0.2, -0.15) is 0 Å². The number of nitrogens with two attached hydrogens (primary N) is 1. The number of ketones is 1. The lowest BCUT2D eigenvalue weighted by molar-refractivity contribution is -0.141. The quantitative estimate of drug-likeness (QED) is 0.184. The van der Waals surface area contributed by atoms with Crippen LogP contribution in [0.3, 0.4) is 0 Å². The van der Waals surface area contributed by atoms with Gasteiger partial charge in [0, 0.05) is 5.56 Å². The Hall–Kier alpha value is -4.74. The Morgan fingerprint density at radius 1 is 0.844 bits per heavy atom. The smallest absolute Gasteiger partial charge is 0.408 e. The van der Waals surface area contributed by atoms with E-state index in [0.29, 0.717) is 29.9 Å². The Kier molecular flexibility index (Phi) is 12.6. The van der Waals surface area contributed by atoms with Crippen molar-refractivity contribution in [3.05, 3.63) is 101 Å². The number of carboxylic acids is 1. The molecule has 11 nitrogen and oxygen atoms in total. The van der Waals surface area contributed by atoms with Gasteiger partial charge in [-0.1, -0.05) is 66.7 Å². The molecule has 0 heterocycles. The minimum absolute atomic E-state index is 0.0731. The molecule has 0 aliphatic rings. The predicted octanol–water partition coefficient (Wildman–Crippen LogP) is 4.02. The molecule has 5 N–H and O–H groups in total. The number of Topliss-reactive ketones (excluding diaryl/α,β-unsaturated/α-hetero) is 1. The van der Waals surface area contributed by atoms with Gasteiger partial charge in [0.15, 0.2) is 5.78 Å². The normalized spacial score (nSPS) is 13.2. The number of aliphatic carboxylic acids is 1. The summed E-state index contributed by atoms with van der Waals surface area (Å²) in [6.07, 6.45) is -0.567. The van der Waals surface area contributed by atoms with Crippen LogP contribution in [0.1, 0.15) is 54.7 Å². The van der Waals surface area contributed by atoms with E-state index < -0.39 is 41.7 Å². The first-order valence-electron chi connectivity index (χ1n) is 14.6. The van der Waals surface area contributed by atoms with Gasteiger partial charge < -0.3 is 35.7 Å². The van der Waals surface area contributed by atoms with Crippen molar-refractivity contribution in [3.63, 3.8) is 0 Å². The average Bonchev–Trinajstić information content (AvgIpc) is 2.99. The van der Waals surface area contributed by atoms with Crippen LogP contribution in [-0.4, -0.2) is 59.2 Å². The molecule has 3 aromatic carbocycles. The third-order valence-electron chi connectivity index (χ3n) is 6.53. The van der Waals surface area contributed by atoms with E-state index in [-0.39, 0.29) is 19.0 Å². The number of nitrogens with one attached hydrogen (secondary N) is 2. The molecule has 0 unspecified atom stereocenters. The van der Waals surface area contributed by atoms with Crippen molar-refractivity contribution in [3.8, 4) is 5.75 Å². The van der Waals surface area contributed by atoms with E-state index in [1.807, 2.05) is 54.6 Å². The molecule has 0 fully saturated rings. The van der Waals surface area contributed by atoms with Crippen molar-refractivity contribution < 1.29 is 38.5 Å². The predicted molar refractivity (Wildman–Crippen MR) is 168 cm³/mol. The largest absolute Gasteiger partial charge is 0.489 e. The molecule has 0 aliphatic carbocycles. The number of hydrogen-bond donors (Lipinski definition) is 4. The van der Waals surface area contributed by atoms with Gasteiger partial charge in [-0.15, -0.1) is 0 Å². The lowest BCUT2D eigenvalue weighted by atomic mass is 9.95. The van der Waals surface area contributed by atoms with Crippen LogP contribution in [0.5, 0.6) is 5.75 Å². The summed E-state index contributed by atoms with van der Waals surface area (Å²) >= 11 is 0. The number of hydrogen-bond acceptors (Lipinski definition) is 8. The highest BCUT2D eigenvalue weighted by atomic mass is 16.6. The molecule has 3 atom stereocenters. The number of carbonyl (C=O) groups excluding carboxylic acids is 3. The highest BCUT2D eigenvalue weighted by Crippen LogP contribution is 2.18. The third-order valence-corrected chi connectivity index (χ3v) is 6.53. The molecule has 0 saturated carbocycles. The molecular formula is C34H41N3O8. The molecule has 0 saturated heterocycles. The summed E-state index contributed by atoms with van der Waals surface area (Å²) in [5.74, 6) is -1.58. The average molecular weight is 620 g/mol. The van der Waals surface area contributed by atoms with Crippen LogP contribution in [0.15, 0.2) is 78.9 Å². The summed E-state index contributed by atoms with van der Waals surface area (Å²) in [5.41, 5.74) is 8.35. The van der Waals surface area contributed by atoms with Crippen molar-refractivity contribution in [1.29, 1.82) is 0 Å². The van der Waals surface area contributed by atoms with Crippen molar-refractivity contribution in [2.24, 2.45) is 5.73 Å². The number of rotatable bonds is 15. The van der Waals surface area contributed by atoms with Gasteiger partial charge in [0.05, 0.1) is 19.3 Å². The van der Waals surface area contributed by atoms with Crippen molar-refractivity contribution in [1.82, 2.24) is 10.6 Å².